The SMILES string of the molecule is CCn1cc(S(=O)(=O)NCC(=O)NCCc2ccccc2)nc1C. The summed E-state index contributed by atoms with van der Waals surface area (Å²) >= 11 is 0. The van der Waals surface area contributed by atoms with Crippen LogP contribution in [-0.2, 0) is 27.8 Å². The lowest BCUT2D eigenvalue weighted by Gasteiger charge is -2.06. The van der Waals surface area contributed by atoms with Crippen molar-refractivity contribution in [1.82, 2.24) is 19.6 Å². The second-order valence-electron chi connectivity index (χ2n) is 5.32. The summed E-state index contributed by atoms with van der Waals surface area (Å²) in [4.78, 5) is 15.8. The van der Waals surface area contributed by atoms with E-state index in [1.807, 2.05) is 37.3 Å². The molecule has 24 heavy (non-hydrogen) atoms. The van der Waals surface area contributed by atoms with E-state index in [1.165, 1.54) is 6.20 Å². The highest BCUT2D eigenvalue weighted by molar-refractivity contribution is 7.89. The largest absolute Gasteiger partial charge is 0.355 e. The van der Waals surface area contributed by atoms with E-state index >= 15 is 0 Å². The quantitative estimate of drug-likeness (QED) is 0.738. The van der Waals surface area contributed by atoms with Crippen molar-refractivity contribution in [1.29, 1.82) is 0 Å². The fraction of sp³-hybridized carbons (Fsp3) is 0.375. The number of sulfonamides is 1. The zero-order chi connectivity index (χ0) is 17.6. The van der Waals surface area contributed by atoms with E-state index in [9.17, 15) is 13.2 Å². The normalized spacial score (nSPS) is 11.4. The number of aromatic nitrogens is 2. The number of imidazole rings is 1. The number of carbonyl (C=O) groups is 1. The molecular formula is C16H22N4O3S. The Hall–Kier alpha value is -2.19. The van der Waals surface area contributed by atoms with Crippen molar-refractivity contribution in [3.8, 4) is 0 Å². The Kier molecular flexibility index (Phi) is 6.10. The number of aryl methyl sites for hydroxylation is 2. The monoisotopic (exact) mass is 350 g/mol. The molecule has 0 unspecified atom stereocenters. The van der Waals surface area contributed by atoms with Crippen LogP contribution in [0.3, 0.4) is 0 Å². The van der Waals surface area contributed by atoms with Gasteiger partial charge in [0.15, 0.2) is 5.03 Å². The van der Waals surface area contributed by atoms with Gasteiger partial charge in [-0.15, -0.1) is 0 Å². The number of carbonyl (C=O) groups excluding carboxylic acids is 1. The van der Waals surface area contributed by atoms with Gasteiger partial charge in [-0.25, -0.2) is 18.1 Å². The third kappa shape index (κ3) is 4.90. The summed E-state index contributed by atoms with van der Waals surface area (Å²) in [7, 11) is -3.79. The minimum Gasteiger partial charge on any atom is -0.355 e. The Bertz CT molecular complexity index is 785. The van der Waals surface area contributed by atoms with E-state index in [0.29, 0.717) is 25.3 Å². The van der Waals surface area contributed by atoms with E-state index in [4.69, 9.17) is 0 Å². The molecule has 1 aromatic heterocycles. The highest BCUT2D eigenvalue weighted by Crippen LogP contribution is 2.08. The van der Waals surface area contributed by atoms with Crippen LogP contribution in [0.4, 0.5) is 0 Å². The lowest BCUT2D eigenvalue weighted by molar-refractivity contribution is -0.119. The first-order valence-corrected chi connectivity index (χ1v) is 9.24. The fourth-order valence-electron chi connectivity index (χ4n) is 2.22. The Morgan fingerprint density at radius 1 is 1.25 bits per heavy atom. The summed E-state index contributed by atoms with van der Waals surface area (Å²) in [5.41, 5.74) is 1.11. The van der Waals surface area contributed by atoms with Crippen LogP contribution in [0.5, 0.6) is 0 Å². The van der Waals surface area contributed by atoms with Gasteiger partial charge in [0.1, 0.15) is 5.82 Å². The zero-order valence-corrected chi connectivity index (χ0v) is 14.6. The summed E-state index contributed by atoms with van der Waals surface area (Å²) in [5, 5.41) is 2.62. The highest BCUT2D eigenvalue weighted by atomic mass is 32.2. The number of amides is 1. The van der Waals surface area contributed by atoms with E-state index in [0.717, 1.165) is 5.56 Å². The van der Waals surface area contributed by atoms with Crippen LogP contribution in [0, 0.1) is 6.92 Å². The predicted octanol–water partition coefficient (Wildman–Crippen LogP) is 0.849. The Morgan fingerprint density at radius 3 is 2.58 bits per heavy atom. The molecular weight excluding hydrogens is 328 g/mol. The maximum Gasteiger partial charge on any atom is 0.260 e. The van der Waals surface area contributed by atoms with Crippen LogP contribution in [0.1, 0.15) is 18.3 Å². The van der Waals surface area contributed by atoms with Gasteiger partial charge >= 0.3 is 0 Å². The van der Waals surface area contributed by atoms with Crippen molar-refractivity contribution in [2.45, 2.75) is 31.8 Å². The average molecular weight is 350 g/mol. The molecule has 2 aromatic rings. The molecule has 0 aliphatic rings. The summed E-state index contributed by atoms with van der Waals surface area (Å²) in [5.74, 6) is 0.242. The molecule has 2 N–H and O–H groups in total. The molecule has 0 fully saturated rings. The van der Waals surface area contributed by atoms with E-state index in [2.05, 4.69) is 15.0 Å². The second kappa shape index (κ2) is 8.07. The van der Waals surface area contributed by atoms with Gasteiger partial charge < -0.3 is 9.88 Å². The van der Waals surface area contributed by atoms with Gasteiger partial charge in [0.05, 0.1) is 6.54 Å². The van der Waals surface area contributed by atoms with Crippen LogP contribution < -0.4 is 10.0 Å². The number of rotatable bonds is 8. The zero-order valence-electron chi connectivity index (χ0n) is 13.8. The molecule has 2 rings (SSSR count). The van der Waals surface area contributed by atoms with Gasteiger partial charge in [0.2, 0.25) is 5.91 Å². The number of nitrogens with one attached hydrogen (secondary N) is 2. The van der Waals surface area contributed by atoms with E-state index < -0.39 is 10.0 Å². The predicted molar refractivity (Wildman–Crippen MR) is 91.0 cm³/mol. The summed E-state index contributed by atoms with van der Waals surface area (Å²) in [6, 6.07) is 9.74. The third-order valence-electron chi connectivity index (χ3n) is 3.57. The van der Waals surface area contributed by atoms with Crippen LogP contribution in [-0.4, -0.2) is 37.0 Å². The lowest BCUT2D eigenvalue weighted by Crippen LogP contribution is -2.37. The molecule has 1 amide bonds. The van der Waals surface area contributed by atoms with E-state index in [-0.39, 0.29) is 17.5 Å². The molecule has 0 aliphatic carbocycles. The molecule has 0 radical (unpaired) electrons. The van der Waals surface area contributed by atoms with Crippen molar-refractivity contribution >= 4 is 15.9 Å². The van der Waals surface area contributed by atoms with Crippen LogP contribution in [0.15, 0.2) is 41.6 Å². The van der Waals surface area contributed by atoms with E-state index in [1.54, 1.807) is 11.5 Å². The smallest absolute Gasteiger partial charge is 0.260 e. The molecule has 7 nitrogen and oxygen atoms in total. The summed E-state index contributed by atoms with van der Waals surface area (Å²) < 4.78 is 28.3. The van der Waals surface area contributed by atoms with Crippen LogP contribution >= 0.6 is 0 Å². The van der Waals surface area contributed by atoms with Gasteiger partial charge in [-0.1, -0.05) is 30.3 Å². The lowest BCUT2D eigenvalue weighted by atomic mass is 10.1. The number of benzene rings is 1. The molecule has 1 aromatic carbocycles. The van der Waals surface area contributed by atoms with Crippen LogP contribution in [0.25, 0.3) is 0 Å². The van der Waals surface area contributed by atoms with Crippen molar-refractivity contribution in [3.63, 3.8) is 0 Å². The van der Waals surface area contributed by atoms with Crippen molar-refractivity contribution in [3.05, 3.63) is 47.9 Å². The van der Waals surface area contributed by atoms with Gasteiger partial charge in [-0.05, 0) is 25.8 Å². The number of hydrogen-bond donors (Lipinski definition) is 2. The third-order valence-corrected chi connectivity index (χ3v) is 4.84. The van der Waals surface area contributed by atoms with Gasteiger partial charge in [0, 0.05) is 19.3 Å². The average Bonchev–Trinajstić information content (AvgIpc) is 2.96. The molecule has 0 saturated carbocycles. The topological polar surface area (TPSA) is 93.1 Å². The minimum atomic E-state index is -3.79. The maximum atomic E-state index is 12.1. The summed E-state index contributed by atoms with van der Waals surface area (Å²) in [6.45, 7) is 4.41. The first kappa shape index (κ1) is 18.2. The Morgan fingerprint density at radius 2 is 1.96 bits per heavy atom. The molecule has 130 valence electrons. The second-order valence-corrected chi connectivity index (χ2v) is 7.04. The molecule has 0 saturated heterocycles. The molecule has 8 heteroatoms. The standard InChI is InChI=1S/C16H22N4O3S/c1-3-20-12-16(19-13(20)2)24(22,23)18-11-15(21)17-10-9-14-7-5-4-6-8-14/h4-8,12,18H,3,9-11H2,1-2H3,(H,17,21). The van der Waals surface area contributed by atoms with Crippen molar-refractivity contribution in [2.75, 3.05) is 13.1 Å². The Labute approximate surface area is 142 Å². The molecule has 0 spiro atoms. The first-order valence-electron chi connectivity index (χ1n) is 7.76. The van der Waals surface area contributed by atoms with Crippen molar-refractivity contribution in [2.24, 2.45) is 0 Å². The molecule has 0 atom stereocenters. The molecule has 1 heterocycles. The number of hydrogen-bond acceptors (Lipinski definition) is 4. The molecule has 0 bridgehead atoms. The first-order chi connectivity index (χ1) is 11.4. The molecule has 0 aliphatic heterocycles. The Balaban J connectivity index is 1.81. The van der Waals surface area contributed by atoms with Crippen molar-refractivity contribution < 1.29 is 13.2 Å². The van der Waals surface area contributed by atoms with Gasteiger partial charge in [-0.3, -0.25) is 4.79 Å². The maximum absolute atomic E-state index is 12.1. The fourth-order valence-corrected chi connectivity index (χ4v) is 3.20. The highest BCUT2D eigenvalue weighted by Gasteiger charge is 2.19. The number of nitrogens with zero attached hydrogens (tertiary/aromatic N) is 2. The van der Waals surface area contributed by atoms with Crippen LogP contribution in [0.2, 0.25) is 0 Å². The minimum absolute atomic E-state index is 0.0704. The van der Waals surface area contributed by atoms with Gasteiger partial charge in [0.25, 0.3) is 10.0 Å². The van der Waals surface area contributed by atoms with Gasteiger partial charge in [-0.2, -0.15) is 0 Å². The summed E-state index contributed by atoms with van der Waals surface area (Å²) in [6.07, 6.45) is 2.16.